The van der Waals surface area contributed by atoms with Crippen LogP contribution in [0.25, 0.3) is 0 Å². The topological polar surface area (TPSA) is 65.2 Å². The van der Waals surface area contributed by atoms with Gasteiger partial charge in [0.25, 0.3) is 0 Å². The van der Waals surface area contributed by atoms with Gasteiger partial charge in [-0.05, 0) is 30.5 Å². The van der Waals surface area contributed by atoms with Crippen LogP contribution in [0.15, 0.2) is 24.3 Å². The smallest absolute Gasteiger partial charge is 0.335 e. The number of carbonyl (C=O) groups excluding carboxylic acids is 1. The molecule has 158 valence electrons. The van der Waals surface area contributed by atoms with E-state index in [0.717, 1.165) is 0 Å². The molecule has 10 heteroatoms. The van der Waals surface area contributed by atoms with Gasteiger partial charge in [0.1, 0.15) is 5.82 Å². The average Bonchev–Trinajstić information content (AvgIpc) is 3.05. The summed E-state index contributed by atoms with van der Waals surface area (Å²) in [5, 5.41) is 12.8. The van der Waals surface area contributed by atoms with Gasteiger partial charge < -0.3 is 4.90 Å². The van der Waals surface area contributed by atoms with Crippen LogP contribution in [0.3, 0.4) is 0 Å². The lowest BCUT2D eigenvalue weighted by Gasteiger charge is -2.37. The lowest BCUT2D eigenvalue weighted by Crippen LogP contribution is -2.52. The molecule has 0 spiro atoms. The van der Waals surface area contributed by atoms with E-state index in [-0.39, 0.29) is 50.1 Å². The number of halogens is 4. The molecule has 30 heavy (non-hydrogen) atoms. The second-order valence-electron chi connectivity index (χ2n) is 7.53. The first kappa shape index (κ1) is 20.3. The number of rotatable bonds is 4. The molecule has 1 unspecified atom stereocenters. The number of nitrogens with zero attached hydrogens (tertiary/aromatic N) is 5. The Kier molecular flexibility index (Phi) is 5.24. The maximum Gasteiger partial charge on any atom is 0.435 e. The van der Waals surface area contributed by atoms with Crippen molar-refractivity contribution in [2.24, 2.45) is 0 Å². The zero-order valence-corrected chi connectivity index (χ0v) is 16.0. The third kappa shape index (κ3) is 3.89. The van der Waals surface area contributed by atoms with Crippen LogP contribution in [0.4, 0.5) is 17.6 Å². The van der Waals surface area contributed by atoms with E-state index < -0.39 is 17.7 Å². The van der Waals surface area contributed by atoms with Crippen LogP contribution in [0.5, 0.6) is 0 Å². The van der Waals surface area contributed by atoms with Crippen molar-refractivity contribution in [1.82, 2.24) is 19.6 Å². The summed E-state index contributed by atoms with van der Waals surface area (Å²) in [6.45, 7) is 0.963. The first-order chi connectivity index (χ1) is 14.3. The Labute approximate surface area is 170 Å². The van der Waals surface area contributed by atoms with Crippen molar-refractivity contribution in [2.45, 2.75) is 38.1 Å². The van der Waals surface area contributed by atoms with Crippen LogP contribution in [0, 0.1) is 17.1 Å². The number of likely N-dealkylation sites (tertiary alicyclic amines) is 1. The first-order valence-electron chi connectivity index (χ1n) is 9.58. The van der Waals surface area contributed by atoms with Crippen LogP contribution in [-0.4, -0.2) is 51.2 Å². The molecule has 0 bridgehead atoms. The summed E-state index contributed by atoms with van der Waals surface area (Å²) in [5.41, 5.74) is 0.120. The third-order valence-corrected chi connectivity index (χ3v) is 5.62. The van der Waals surface area contributed by atoms with Crippen molar-refractivity contribution in [3.8, 4) is 6.07 Å². The molecule has 1 fully saturated rings. The average molecular weight is 421 g/mol. The Morgan fingerprint density at radius 3 is 2.57 bits per heavy atom. The van der Waals surface area contributed by atoms with E-state index in [4.69, 9.17) is 5.26 Å². The highest BCUT2D eigenvalue weighted by Gasteiger charge is 2.41. The molecule has 0 N–H and O–H groups in total. The number of amides is 1. The van der Waals surface area contributed by atoms with Gasteiger partial charge in [-0.2, -0.15) is 23.5 Å². The first-order valence-corrected chi connectivity index (χ1v) is 9.58. The Balaban J connectivity index is 1.58. The molecule has 1 aromatic heterocycles. The van der Waals surface area contributed by atoms with Gasteiger partial charge in [-0.1, -0.05) is 12.1 Å². The van der Waals surface area contributed by atoms with E-state index in [2.05, 4.69) is 11.2 Å². The van der Waals surface area contributed by atoms with Gasteiger partial charge in [0.05, 0.1) is 37.4 Å². The van der Waals surface area contributed by atoms with Crippen LogP contribution in [0.2, 0.25) is 0 Å². The fourth-order valence-corrected chi connectivity index (χ4v) is 3.86. The van der Waals surface area contributed by atoms with E-state index in [1.54, 1.807) is 4.90 Å². The fourth-order valence-electron chi connectivity index (χ4n) is 3.86. The Bertz CT molecular complexity index is 992. The predicted octanol–water partition coefficient (Wildman–Crippen LogP) is 2.57. The normalized spacial score (nSPS) is 19.2. The van der Waals surface area contributed by atoms with Crippen molar-refractivity contribution in [3.05, 3.63) is 52.6 Å². The monoisotopic (exact) mass is 421 g/mol. The van der Waals surface area contributed by atoms with Gasteiger partial charge in [0.15, 0.2) is 5.69 Å². The fraction of sp³-hybridized carbons (Fsp3) is 0.450. The Morgan fingerprint density at radius 2 is 1.97 bits per heavy atom. The number of hydrogen-bond donors (Lipinski definition) is 0. The molecule has 4 rings (SSSR count). The van der Waals surface area contributed by atoms with E-state index in [1.165, 1.54) is 33.8 Å². The third-order valence-electron chi connectivity index (χ3n) is 5.62. The van der Waals surface area contributed by atoms with Crippen molar-refractivity contribution in [1.29, 1.82) is 5.26 Å². The lowest BCUT2D eigenvalue weighted by atomic mass is 10.0. The SMILES string of the molecule is N#CC1CCN1CC(=O)N1CCc2c(C(F)(F)F)nn(Cc3ccc(F)cc3)c2C1. The minimum Gasteiger partial charge on any atom is -0.335 e. The number of alkyl halides is 3. The van der Waals surface area contributed by atoms with Gasteiger partial charge in [0, 0.05) is 18.7 Å². The molecule has 0 radical (unpaired) electrons. The van der Waals surface area contributed by atoms with E-state index in [0.29, 0.717) is 24.2 Å². The van der Waals surface area contributed by atoms with Crippen molar-refractivity contribution in [2.75, 3.05) is 19.6 Å². The highest BCUT2D eigenvalue weighted by atomic mass is 19.4. The number of benzene rings is 1. The highest BCUT2D eigenvalue weighted by Crippen LogP contribution is 2.35. The summed E-state index contributed by atoms with van der Waals surface area (Å²) >= 11 is 0. The maximum atomic E-state index is 13.5. The maximum absolute atomic E-state index is 13.5. The minimum atomic E-state index is -4.60. The van der Waals surface area contributed by atoms with E-state index in [9.17, 15) is 22.4 Å². The van der Waals surface area contributed by atoms with Crippen LogP contribution >= 0.6 is 0 Å². The number of nitriles is 1. The molecule has 0 aliphatic carbocycles. The molecule has 0 saturated carbocycles. The second-order valence-corrected chi connectivity index (χ2v) is 7.53. The Morgan fingerprint density at radius 1 is 1.23 bits per heavy atom. The van der Waals surface area contributed by atoms with Crippen molar-refractivity contribution >= 4 is 5.91 Å². The lowest BCUT2D eigenvalue weighted by molar-refractivity contribution is -0.142. The zero-order chi connectivity index (χ0) is 21.5. The van der Waals surface area contributed by atoms with Gasteiger partial charge in [-0.15, -0.1) is 0 Å². The Hall–Kier alpha value is -2.93. The molecule has 2 aromatic rings. The summed E-state index contributed by atoms with van der Waals surface area (Å²) < 4.78 is 54.9. The molecule has 6 nitrogen and oxygen atoms in total. The quantitative estimate of drug-likeness (QED) is 0.712. The highest BCUT2D eigenvalue weighted by molar-refractivity contribution is 5.78. The largest absolute Gasteiger partial charge is 0.435 e. The summed E-state index contributed by atoms with van der Waals surface area (Å²) in [5.74, 6) is -0.653. The molecule has 2 aliphatic heterocycles. The molecule has 2 aliphatic rings. The molecule has 1 amide bonds. The number of aromatic nitrogens is 2. The molecule has 3 heterocycles. The summed E-state index contributed by atoms with van der Waals surface area (Å²) in [4.78, 5) is 15.9. The number of hydrogen-bond acceptors (Lipinski definition) is 4. The van der Waals surface area contributed by atoms with Crippen molar-refractivity contribution in [3.63, 3.8) is 0 Å². The standard InChI is InChI=1S/C20H19F4N5O/c21-14-3-1-13(2-4-14)10-29-17-11-28(18(30)12-27-7-5-15(27)9-25)8-6-16(17)19(26-29)20(22,23)24/h1-4,15H,5-8,10-12H2. The van der Waals surface area contributed by atoms with Crippen molar-refractivity contribution < 1.29 is 22.4 Å². The molecular weight excluding hydrogens is 402 g/mol. The van der Waals surface area contributed by atoms with Gasteiger partial charge in [0.2, 0.25) is 5.91 Å². The predicted molar refractivity (Wildman–Crippen MR) is 97.4 cm³/mol. The molecule has 1 aromatic carbocycles. The summed E-state index contributed by atoms with van der Waals surface area (Å²) in [6.07, 6.45) is -3.82. The zero-order valence-electron chi connectivity index (χ0n) is 16.0. The molecular formula is C20H19F4N5O. The van der Waals surface area contributed by atoms with E-state index in [1.807, 2.05) is 0 Å². The van der Waals surface area contributed by atoms with Gasteiger partial charge >= 0.3 is 6.18 Å². The summed E-state index contributed by atoms with van der Waals surface area (Å²) in [7, 11) is 0. The molecule has 1 saturated heterocycles. The summed E-state index contributed by atoms with van der Waals surface area (Å²) in [6, 6.07) is 7.31. The second kappa shape index (κ2) is 7.72. The van der Waals surface area contributed by atoms with Crippen LogP contribution in [0.1, 0.15) is 28.9 Å². The van der Waals surface area contributed by atoms with Gasteiger partial charge in [-0.3, -0.25) is 14.4 Å². The van der Waals surface area contributed by atoms with Crippen LogP contribution in [-0.2, 0) is 30.5 Å². The number of carbonyl (C=O) groups is 1. The number of fused-ring (bicyclic) bond motifs is 1. The van der Waals surface area contributed by atoms with Crippen LogP contribution < -0.4 is 0 Å². The van der Waals surface area contributed by atoms with Gasteiger partial charge in [-0.25, -0.2) is 4.39 Å². The minimum absolute atomic E-state index is 0.0174. The molecule has 1 atom stereocenters. The van der Waals surface area contributed by atoms with E-state index >= 15 is 0 Å².